The molecule has 2 heterocycles. The van der Waals surface area contributed by atoms with E-state index in [1.807, 2.05) is 0 Å². The van der Waals surface area contributed by atoms with E-state index in [4.69, 9.17) is 14.2 Å². The van der Waals surface area contributed by atoms with Crippen LogP contribution in [0.5, 0.6) is 0 Å². The lowest BCUT2D eigenvalue weighted by Crippen LogP contribution is -2.41. The Morgan fingerprint density at radius 3 is 2.95 bits per heavy atom. The molecule has 0 aliphatic carbocycles. The molecule has 116 valence electrons. The van der Waals surface area contributed by atoms with E-state index in [0.717, 1.165) is 64.7 Å². The first-order valence-corrected chi connectivity index (χ1v) is 7.64. The maximum Gasteiger partial charge on any atom is 0.191 e. The molecule has 0 amide bonds. The molecule has 6 heteroatoms. The molecule has 2 N–H and O–H groups in total. The van der Waals surface area contributed by atoms with Crippen molar-refractivity contribution >= 4 is 5.96 Å². The Morgan fingerprint density at radius 2 is 2.25 bits per heavy atom. The van der Waals surface area contributed by atoms with E-state index >= 15 is 0 Å². The second-order valence-corrected chi connectivity index (χ2v) is 5.22. The van der Waals surface area contributed by atoms with Gasteiger partial charge in [-0.25, -0.2) is 0 Å². The third-order valence-corrected chi connectivity index (χ3v) is 3.60. The number of hydrogen-bond acceptors (Lipinski definition) is 4. The molecule has 0 aromatic carbocycles. The number of nitrogens with zero attached hydrogens (tertiary/aromatic N) is 1. The van der Waals surface area contributed by atoms with Crippen molar-refractivity contribution in [2.24, 2.45) is 4.99 Å². The van der Waals surface area contributed by atoms with Gasteiger partial charge in [-0.05, 0) is 25.7 Å². The van der Waals surface area contributed by atoms with E-state index in [9.17, 15) is 0 Å². The van der Waals surface area contributed by atoms with Crippen LogP contribution in [0.3, 0.4) is 0 Å². The standard InChI is InChI=1S/C14H27N3O3/c1-15-14(17-10-12-4-2-7-19-12)16-6-3-8-20-13-5-9-18-11-13/h12-13H,2-11H2,1H3,(H2,15,16,17). The molecule has 0 bridgehead atoms. The molecule has 0 aromatic rings. The molecule has 0 saturated carbocycles. The molecule has 0 aromatic heterocycles. The minimum Gasteiger partial charge on any atom is -0.379 e. The van der Waals surface area contributed by atoms with Gasteiger partial charge in [0.25, 0.3) is 0 Å². The predicted molar refractivity (Wildman–Crippen MR) is 78.1 cm³/mol. The molecule has 2 aliphatic rings. The van der Waals surface area contributed by atoms with Crippen molar-refractivity contribution < 1.29 is 14.2 Å². The summed E-state index contributed by atoms with van der Waals surface area (Å²) in [5.74, 6) is 0.838. The van der Waals surface area contributed by atoms with Gasteiger partial charge in [0, 0.05) is 40.0 Å². The van der Waals surface area contributed by atoms with Crippen LogP contribution in [0.15, 0.2) is 4.99 Å². The van der Waals surface area contributed by atoms with E-state index in [2.05, 4.69) is 15.6 Å². The maximum atomic E-state index is 5.71. The maximum absolute atomic E-state index is 5.71. The highest BCUT2D eigenvalue weighted by molar-refractivity contribution is 5.79. The molecular weight excluding hydrogens is 258 g/mol. The summed E-state index contributed by atoms with van der Waals surface area (Å²) in [6.07, 6.45) is 4.93. The van der Waals surface area contributed by atoms with E-state index in [1.54, 1.807) is 7.05 Å². The zero-order chi connectivity index (χ0) is 14.0. The monoisotopic (exact) mass is 285 g/mol. The van der Waals surface area contributed by atoms with Gasteiger partial charge in [0.05, 0.1) is 18.8 Å². The smallest absolute Gasteiger partial charge is 0.191 e. The number of guanidine groups is 1. The molecular formula is C14H27N3O3. The fourth-order valence-corrected chi connectivity index (χ4v) is 2.41. The molecule has 2 atom stereocenters. The highest BCUT2D eigenvalue weighted by Crippen LogP contribution is 2.10. The fourth-order valence-electron chi connectivity index (χ4n) is 2.41. The van der Waals surface area contributed by atoms with Gasteiger partial charge in [-0.1, -0.05) is 0 Å². The van der Waals surface area contributed by atoms with Crippen molar-refractivity contribution in [2.45, 2.75) is 37.9 Å². The highest BCUT2D eigenvalue weighted by Gasteiger charge is 2.16. The Hall–Kier alpha value is -0.850. The first kappa shape index (κ1) is 15.5. The fraction of sp³-hybridized carbons (Fsp3) is 0.929. The Balaban J connectivity index is 1.47. The average Bonchev–Trinajstić information content (AvgIpc) is 3.14. The van der Waals surface area contributed by atoms with Crippen LogP contribution in [-0.2, 0) is 14.2 Å². The van der Waals surface area contributed by atoms with Crippen LogP contribution in [0.1, 0.15) is 25.7 Å². The minimum atomic E-state index is 0.298. The van der Waals surface area contributed by atoms with Crippen LogP contribution in [0.4, 0.5) is 0 Å². The average molecular weight is 285 g/mol. The Labute approximate surface area is 121 Å². The SMILES string of the molecule is CN=C(NCCCOC1CCOC1)NCC1CCCO1. The summed E-state index contributed by atoms with van der Waals surface area (Å²) in [6, 6.07) is 0. The molecule has 2 fully saturated rings. The summed E-state index contributed by atoms with van der Waals surface area (Å²) in [6.45, 7) is 4.93. The van der Waals surface area contributed by atoms with Gasteiger partial charge >= 0.3 is 0 Å². The van der Waals surface area contributed by atoms with Crippen LogP contribution in [0.2, 0.25) is 0 Å². The van der Waals surface area contributed by atoms with Crippen molar-refractivity contribution in [2.75, 3.05) is 46.6 Å². The summed E-state index contributed by atoms with van der Waals surface area (Å²) in [5.41, 5.74) is 0. The minimum absolute atomic E-state index is 0.298. The first-order valence-electron chi connectivity index (χ1n) is 7.64. The molecule has 6 nitrogen and oxygen atoms in total. The lowest BCUT2D eigenvalue weighted by molar-refractivity contribution is 0.0419. The van der Waals surface area contributed by atoms with Gasteiger partial charge in [-0.15, -0.1) is 0 Å². The number of aliphatic imine (C=N–C) groups is 1. The lowest BCUT2D eigenvalue weighted by Gasteiger charge is -2.15. The van der Waals surface area contributed by atoms with Gasteiger partial charge in [-0.2, -0.15) is 0 Å². The zero-order valence-electron chi connectivity index (χ0n) is 12.4. The summed E-state index contributed by atoms with van der Waals surface area (Å²) < 4.78 is 16.6. The van der Waals surface area contributed by atoms with Gasteiger partial charge in [0.2, 0.25) is 0 Å². The Morgan fingerprint density at radius 1 is 1.30 bits per heavy atom. The first-order chi connectivity index (χ1) is 9.88. The molecule has 0 radical (unpaired) electrons. The van der Waals surface area contributed by atoms with E-state index < -0.39 is 0 Å². The van der Waals surface area contributed by atoms with Crippen molar-refractivity contribution in [3.63, 3.8) is 0 Å². The van der Waals surface area contributed by atoms with E-state index in [1.165, 1.54) is 6.42 Å². The summed E-state index contributed by atoms with van der Waals surface area (Å²) in [4.78, 5) is 4.20. The van der Waals surface area contributed by atoms with E-state index in [0.29, 0.717) is 12.2 Å². The number of rotatable bonds is 7. The Bertz CT molecular complexity index is 287. The summed E-state index contributed by atoms with van der Waals surface area (Å²) in [5, 5.41) is 6.59. The third kappa shape index (κ3) is 5.64. The second kappa shape index (κ2) is 9.15. The van der Waals surface area contributed by atoms with Gasteiger partial charge in [-0.3, -0.25) is 4.99 Å². The number of ether oxygens (including phenoxy) is 3. The van der Waals surface area contributed by atoms with Crippen molar-refractivity contribution in [3.05, 3.63) is 0 Å². The second-order valence-electron chi connectivity index (χ2n) is 5.22. The van der Waals surface area contributed by atoms with Crippen LogP contribution in [0, 0.1) is 0 Å². The zero-order valence-corrected chi connectivity index (χ0v) is 12.4. The van der Waals surface area contributed by atoms with Crippen molar-refractivity contribution in [1.29, 1.82) is 0 Å². The highest BCUT2D eigenvalue weighted by atomic mass is 16.5. The molecule has 2 saturated heterocycles. The van der Waals surface area contributed by atoms with Crippen molar-refractivity contribution in [3.8, 4) is 0 Å². The number of nitrogens with one attached hydrogen (secondary N) is 2. The quantitative estimate of drug-likeness (QED) is 0.406. The molecule has 0 spiro atoms. The lowest BCUT2D eigenvalue weighted by atomic mass is 10.2. The van der Waals surface area contributed by atoms with Crippen LogP contribution >= 0.6 is 0 Å². The van der Waals surface area contributed by atoms with Gasteiger partial charge in [0.1, 0.15) is 0 Å². The number of hydrogen-bond donors (Lipinski definition) is 2. The van der Waals surface area contributed by atoms with E-state index in [-0.39, 0.29) is 0 Å². The van der Waals surface area contributed by atoms with Gasteiger partial charge in [0.15, 0.2) is 5.96 Å². The van der Waals surface area contributed by atoms with Crippen LogP contribution < -0.4 is 10.6 Å². The van der Waals surface area contributed by atoms with Crippen molar-refractivity contribution in [1.82, 2.24) is 10.6 Å². The normalized spacial score (nSPS) is 26.9. The molecule has 2 aliphatic heterocycles. The summed E-state index contributed by atoms with van der Waals surface area (Å²) >= 11 is 0. The third-order valence-electron chi connectivity index (χ3n) is 3.60. The molecule has 2 unspecified atom stereocenters. The molecule has 2 rings (SSSR count). The van der Waals surface area contributed by atoms with Gasteiger partial charge < -0.3 is 24.8 Å². The Kier molecular flexibility index (Phi) is 7.11. The summed E-state index contributed by atoms with van der Waals surface area (Å²) in [7, 11) is 1.79. The predicted octanol–water partition coefficient (Wildman–Crippen LogP) is 0.526. The molecule has 20 heavy (non-hydrogen) atoms. The topological polar surface area (TPSA) is 64.1 Å². The largest absolute Gasteiger partial charge is 0.379 e. The van der Waals surface area contributed by atoms with Crippen LogP contribution in [0.25, 0.3) is 0 Å². The van der Waals surface area contributed by atoms with Crippen LogP contribution in [-0.4, -0.2) is 64.7 Å².